The number of benzene rings is 1. The topological polar surface area (TPSA) is 98.3 Å². The van der Waals surface area contributed by atoms with E-state index in [2.05, 4.69) is 21.2 Å². The third-order valence-corrected chi connectivity index (χ3v) is 2.89. The van der Waals surface area contributed by atoms with Gasteiger partial charge in [-0.2, -0.15) is 0 Å². The van der Waals surface area contributed by atoms with E-state index in [4.69, 9.17) is 5.73 Å². The zero-order chi connectivity index (χ0) is 13.7. The van der Waals surface area contributed by atoms with Gasteiger partial charge in [-0.1, -0.05) is 0 Å². The summed E-state index contributed by atoms with van der Waals surface area (Å²) in [5.41, 5.74) is 6.03. The van der Waals surface area contributed by atoms with Crippen molar-refractivity contribution in [3.63, 3.8) is 0 Å². The summed E-state index contributed by atoms with van der Waals surface area (Å²) >= 11 is 3.09. The molecule has 0 heterocycles. The lowest BCUT2D eigenvalue weighted by Gasteiger charge is -2.07. The Balaban J connectivity index is 2.66. The molecule has 0 fully saturated rings. The normalized spacial score (nSPS) is 11.9. The fourth-order valence-corrected chi connectivity index (χ4v) is 1.84. The first-order valence-corrected chi connectivity index (χ1v) is 6.19. The maximum atomic E-state index is 11.5. The van der Waals surface area contributed by atoms with Crippen LogP contribution in [0.2, 0.25) is 0 Å². The van der Waals surface area contributed by atoms with Crippen LogP contribution < -0.4 is 11.1 Å². The number of nitrogens with two attached hydrogens (primary N) is 1. The molecule has 0 radical (unpaired) electrons. The van der Waals surface area contributed by atoms with Crippen LogP contribution in [0.5, 0.6) is 0 Å². The first-order valence-electron chi connectivity index (χ1n) is 5.39. The summed E-state index contributed by atoms with van der Waals surface area (Å²) in [5, 5.41) is 13.3. The van der Waals surface area contributed by atoms with Gasteiger partial charge >= 0.3 is 0 Å². The van der Waals surface area contributed by atoms with Crippen LogP contribution in [0, 0.1) is 10.1 Å². The van der Waals surface area contributed by atoms with Crippen molar-refractivity contribution in [3.05, 3.63) is 32.8 Å². The van der Waals surface area contributed by atoms with Gasteiger partial charge in [-0.15, -0.1) is 0 Å². The van der Waals surface area contributed by atoms with Crippen molar-refractivity contribution in [2.75, 3.05) is 5.32 Å². The van der Waals surface area contributed by atoms with Gasteiger partial charge in [-0.3, -0.25) is 14.9 Å². The number of carbonyl (C=O) groups excluding carboxylic acids is 1. The number of hydrogen-bond donors (Lipinski definition) is 2. The van der Waals surface area contributed by atoms with E-state index in [-0.39, 0.29) is 17.6 Å². The van der Waals surface area contributed by atoms with Gasteiger partial charge in [0.1, 0.15) is 0 Å². The van der Waals surface area contributed by atoms with Gasteiger partial charge in [-0.25, -0.2) is 0 Å². The van der Waals surface area contributed by atoms with Gasteiger partial charge in [-0.05, 0) is 41.4 Å². The molecule has 1 rings (SSSR count). The van der Waals surface area contributed by atoms with Crippen molar-refractivity contribution in [3.8, 4) is 0 Å². The Morgan fingerprint density at radius 1 is 1.61 bits per heavy atom. The number of halogens is 1. The van der Waals surface area contributed by atoms with E-state index in [1.165, 1.54) is 18.2 Å². The number of rotatable bonds is 5. The lowest BCUT2D eigenvalue weighted by molar-refractivity contribution is -0.385. The number of nitro groups is 1. The molecule has 1 unspecified atom stereocenters. The lowest BCUT2D eigenvalue weighted by Crippen LogP contribution is -2.19. The summed E-state index contributed by atoms with van der Waals surface area (Å²) in [6.07, 6.45) is 0.923. The van der Waals surface area contributed by atoms with Crippen LogP contribution in [0.15, 0.2) is 22.7 Å². The molecule has 1 amide bonds. The van der Waals surface area contributed by atoms with Crippen LogP contribution >= 0.6 is 15.9 Å². The molecule has 1 aromatic carbocycles. The molecule has 18 heavy (non-hydrogen) atoms. The molecule has 0 aliphatic heterocycles. The predicted octanol–water partition coefficient (Wildman–Crippen LogP) is 2.42. The van der Waals surface area contributed by atoms with E-state index in [9.17, 15) is 14.9 Å². The van der Waals surface area contributed by atoms with Gasteiger partial charge < -0.3 is 11.1 Å². The first-order chi connectivity index (χ1) is 8.40. The fourth-order valence-electron chi connectivity index (χ4n) is 1.31. The summed E-state index contributed by atoms with van der Waals surface area (Å²) in [6.45, 7) is 1.83. The standard InChI is InChI=1S/C11H14BrN3O3/c1-7(13)2-5-11(16)14-8-3-4-10(15(17)18)9(12)6-8/h3-4,6-7H,2,5,13H2,1H3,(H,14,16). The van der Waals surface area contributed by atoms with E-state index in [1.54, 1.807) is 0 Å². The summed E-state index contributed by atoms with van der Waals surface area (Å²) < 4.78 is 0.331. The second-order valence-corrected chi connectivity index (χ2v) is 4.84. The fraction of sp³-hybridized carbons (Fsp3) is 0.364. The van der Waals surface area contributed by atoms with Gasteiger partial charge in [0.25, 0.3) is 5.69 Å². The van der Waals surface area contributed by atoms with Crippen molar-refractivity contribution in [2.24, 2.45) is 5.73 Å². The molecule has 3 N–H and O–H groups in total. The largest absolute Gasteiger partial charge is 0.328 e. The maximum Gasteiger partial charge on any atom is 0.283 e. The quantitative estimate of drug-likeness (QED) is 0.644. The van der Waals surface area contributed by atoms with Crippen LogP contribution in [0.4, 0.5) is 11.4 Å². The Morgan fingerprint density at radius 3 is 2.78 bits per heavy atom. The van der Waals surface area contributed by atoms with E-state index < -0.39 is 4.92 Å². The van der Waals surface area contributed by atoms with E-state index in [0.717, 1.165) is 0 Å². The smallest absolute Gasteiger partial charge is 0.283 e. The van der Waals surface area contributed by atoms with E-state index in [1.807, 2.05) is 6.92 Å². The van der Waals surface area contributed by atoms with Crippen LogP contribution in [0.1, 0.15) is 19.8 Å². The SMILES string of the molecule is CC(N)CCC(=O)Nc1ccc([N+](=O)[O-])c(Br)c1. The van der Waals surface area contributed by atoms with Gasteiger partial charge in [0.15, 0.2) is 0 Å². The third kappa shape index (κ3) is 4.42. The molecule has 0 aromatic heterocycles. The van der Waals surface area contributed by atoms with Gasteiger partial charge in [0, 0.05) is 24.2 Å². The Bertz CT molecular complexity index is 463. The van der Waals surface area contributed by atoms with Gasteiger partial charge in [0.2, 0.25) is 5.91 Å². The van der Waals surface area contributed by atoms with E-state index in [0.29, 0.717) is 23.0 Å². The average molecular weight is 316 g/mol. The van der Waals surface area contributed by atoms with Crippen molar-refractivity contribution >= 4 is 33.2 Å². The number of amides is 1. The molecule has 1 aromatic rings. The Labute approximate surface area is 113 Å². The second kappa shape index (κ2) is 6.46. The molecule has 7 heteroatoms. The third-order valence-electron chi connectivity index (χ3n) is 2.25. The predicted molar refractivity (Wildman–Crippen MR) is 72.3 cm³/mol. The summed E-state index contributed by atoms with van der Waals surface area (Å²) in [4.78, 5) is 21.6. The zero-order valence-corrected chi connectivity index (χ0v) is 11.4. The molecular formula is C11H14BrN3O3. The summed E-state index contributed by atoms with van der Waals surface area (Å²) in [7, 11) is 0. The summed E-state index contributed by atoms with van der Waals surface area (Å²) in [6, 6.07) is 4.30. The van der Waals surface area contributed by atoms with E-state index >= 15 is 0 Å². The monoisotopic (exact) mass is 315 g/mol. The lowest BCUT2D eigenvalue weighted by atomic mass is 10.2. The zero-order valence-electron chi connectivity index (χ0n) is 9.85. The van der Waals surface area contributed by atoms with Crippen molar-refractivity contribution in [1.82, 2.24) is 0 Å². The number of nitro benzene ring substituents is 1. The molecule has 0 bridgehead atoms. The molecule has 1 atom stereocenters. The molecule has 0 saturated heterocycles. The molecule has 0 saturated carbocycles. The molecule has 6 nitrogen and oxygen atoms in total. The second-order valence-electron chi connectivity index (χ2n) is 3.99. The van der Waals surface area contributed by atoms with Crippen LogP contribution in [0.3, 0.4) is 0 Å². The van der Waals surface area contributed by atoms with Crippen molar-refractivity contribution in [1.29, 1.82) is 0 Å². The summed E-state index contributed by atoms with van der Waals surface area (Å²) in [5.74, 6) is -0.159. The molecular weight excluding hydrogens is 302 g/mol. The molecule has 0 aliphatic rings. The maximum absolute atomic E-state index is 11.5. The van der Waals surface area contributed by atoms with Crippen molar-refractivity contribution in [2.45, 2.75) is 25.8 Å². The molecule has 0 aliphatic carbocycles. The highest BCUT2D eigenvalue weighted by Crippen LogP contribution is 2.27. The highest BCUT2D eigenvalue weighted by Gasteiger charge is 2.12. The minimum absolute atomic E-state index is 0.0284. The van der Waals surface area contributed by atoms with Crippen molar-refractivity contribution < 1.29 is 9.72 Å². The molecule has 98 valence electrons. The number of hydrogen-bond acceptors (Lipinski definition) is 4. The Morgan fingerprint density at radius 2 is 2.28 bits per heavy atom. The van der Waals surface area contributed by atoms with Crippen LogP contribution in [-0.4, -0.2) is 16.9 Å². The first kappa shape index (κ1) is 14.6. The number of nitrogens with zero attached hydrogens (tertiary/aromatic N) is 1. The minimum atomic E-state index is -0.494. The number of anilines is 1. The highest BCUT2D eigenvalue weighted by atomic mass is 79.9. The van der Waals surface area contributed by atoms with Crippen LogP contribution in [0.25, 0.3) is 0 Å². The Hall–Kier alpha value is -1.47. The average Bonchev–Trinajstić information content (AvgIpc) is 2.26. The van der Waals surface area contributed by atoms with Crippen LogP contribution in [-0.2, 0) is 4.79 Å². The number of nitrogens with one attached hydrogen (secondary N) is 1. The highest BCUT2D eigenvalue weighted by molar-refractivity contribution is 9.10. The Kier molecular flexibility index (Phi) is 5.24. The van der Waals surface area contributed by atoms with Gasteiger partial charge in [0.05, 0.1) is 9.40 Å². The number of carbonyl (C=O) groups is 1. The minimum Gasteiger partial charge on any atom is -0.328 e. The molecule has 0 spiro atoms.